The molecule has 0 unspecified atom stereocenters. The van der Waals surface area contributed by atoms with Crippen LogP contribution in [0.5, 0.6) is 0 Å². The Morgan fingerprint density at radius 3 is 2.71 bits per heavy atom. The van der Waals surface area contributed by atoms with Crippen LogP contribution in [0.1, 0.15) is 59.4 Å². The zero-order valence-corrected chi connectivity index (χ0v) is 20.0. The Morgan fingerprint density at radius 1 is 1.11 bits per heavy atom. The summed E-state index contributed by atoms with van der Waals surface area (Å²) >= 11 is 0. The molecule has 1 aromatic carbocycles. The standard InChI is InChI=1S/C20H21FN6O.C7H8/c1-12-4-5-16-14(9-13(21)10-22-16)17-3-2-7-26(17)18-6-8-27-19(25-18)15(11-23-27)20(28)24-12;1-7-5-3-2-4-6-7/h6,8-12,17H,2-5,7H2,1H3,(H,24,28);2-6H,1H3/t12-,17-;/m1./s1. The van der Waals surface area contributed by atoms with E-state index in [4.69, 9.17) is 4.98 Å². The van der Waals surface area contributed by atoms with Crippen LogP contribution in [0.3, 0.4) is 0 Å². The van der Waals surface area contributed by atoms with Crippen LogP contribution < -0.4 is 10.2 Å². The van der Waals surface area contributed by atoms with E-state index in [0.29, 0.717) is 17.6 Å². The van der Waals surface area contributed by atoms with E-state index in [2.05, 4.69) is 39.4 Å². The number of nitrogens with one attached hydrogen (secondary N) is 1. The first-order valence-electron chi connectivity index (χ1n) is 12.1. The normalized spacial score (nSPS) is 19.5. The van der Waals surface area contributed by atoms with Gasteiger partial charge in [0.25, 0.3) is 5.91 Å². The van der Waals surface area contributed by atoms with Crippen LogP contribution in [0, 0.1) is 12.7 Å². The van der Waals surface area contributed by atoms with Crippen LogP contribution in [-0.2, 0) is 6.42 Å². The van der Waals surface area contributed by atoms with Gasteiger partial charge in [0.1, 0.15) is 17.2 Å². The summed E-state index contributed by atoms with van der Waals surface area (Å²) in [5.41, 5.74) is 4.13. The van der Waals surface area contributed by atoms with E-state index in [0.717, 1.165) is 42.9 Å². The molecular formula is C27H29FN6O. The van der Waals surface area contributed by atoms with Crippen LogP contribution in [0.2, 0.25) is 0 Å². The van der Waals surface area contributed by atoms with Crippen molar-refractivity contribution in [2.24, 2.45) is 0 Å². The Bertz CT molecular complexity index is 1340. The highest BCUT2D eigenvalue weighted by Gasteiger charge is 2.31. The number of nitrogens with zero attached hydrogens (tertiary/aromatic N) is 5. The summed E-state index contributed by atoms with van der Waals surface area (Å²) in [6.07, 6.45) is 7.97. The predicted octanol–water partition coefficient (Wildman–Crippen LogP) is 4.66. The number of carbonyl (C=O) groups is 1. The van der Waals surface area contributed by atoms with Crippen molar-refractivity contribution in [3.8, 4) is 0 Å². The molecule has 2 aliphatic rings. The molecule has 1 fully saturated rings. The molecule has 2 aliphatic heterocycles. The number of halogens is 1. The molecule has 2 atom stereocenters. The first-order chi connectivity index (χ1) is 17.0. The van der Waals surface area contributed by atoms with Gasteiger partial charge in [-0.25, -0.2) is 13.9 Å². The molecule has 7 nitrogen and oxygen atoms in total. The maximum Gasteiger partial charge on any atom is 0.256 e. The van der Waals surface area contributed by atoms with Crippen molar-refractivity contribution in [2.75, 3.05) is 11.4 Å². The third-order valence-electron chi connectivity index (χ3n) is 6.61. The Morgan fingerprint density at radius 2 is 1.94 bits per heavy atom. The summed E-state index contributed by atoms with van der Waals surface area (Å²) in [4.78, 5) is 24.1. The number of aryl methyl sites for hydroxylation is 2. The summed E-state index contributed by atoms with van der Waals surface area (Å²) < 4.78 is 15.7. The first-order valence-corrected chi connectivity index (χ1v) is 12.1. The molecule has 1 N–H and O–H groups in total. The van der Waals surface area contributed by atoms with E-state index in [1.807, 2.05) is 37.4 Å². The Balaban J connectivity index is 0.000000313. The molecule has 0 radical (unpaired) electrons. The van der Waals surface area contributed by atoms with E-state index >= 15 is 0 Å². The number of carbonyl (C=O) groups excluding carboxylic acids is 1. The molecule has 0 aliphatic carbocycles. The number of aromatic nitrogens is 4. The third-order valence-corrected chi connectivity index (χ3v) is 6.61. The summed E-state index contributed by atoms with van der Waals surface area (Å²) in [5, 5.41) is 7.27. The van der Waals surface area contributed by atoms with Crippen LogP contribution in [0.15, 0.2) is 61.1 Å². The van der Waals surface area contributed by atoms with E-state index in [-0.39, 0.29) is 23.8 Å². The second-order valence-corrected chi connectivity index (χ2v) is 9.22. The second-order valence-electron chi connectivity index (χ2n) is 9.22. The summed E-state index contributed by atoms with van der Waals surface area (Å²) in [6, 6.07) is 13.7. The molecule has 0 saturated carbocycles. The number of benzene rings is 1. The molecule has 180 valence electrons. The van der Waals surface area contributed by atoms with Crippen molar-refractivity contribution in [3.63, 3.8) is 0 Å². The average Bonchev–Trinajstić information content (AvgIpc) is 3.50. The van der Waals surface area contributed by atoms with Gasteiger partial charge in [-0.1, -0.05) is 35.9 Å². The first kappa shape index (κ1) is 23.0. The molecule has 2 bridgehead atoms. The predicted molar refractivity (Wildman–Crippen MR) is 133 cm³/mol. The molecule has 5 heterocycles. The number of hydrogen-bond acceptors (Lipinski definition) is 5. The van der Waals surface area contributed by atoms with Crippen molar-refractivity contribution in [1.82, 2.24) is 24.9 Å². The van der Waals surface area contributed by atoms with Crippen molar-refractivity contribution in [2.45, 2.75) is 51.6 Å². The smallest absolute Gasteiger partial charge is 0.256 e. The van der Waals surface area contributed by atoms with Crippen LogP contribution in [0.4, 0.5) is 10.2 Å². The Kier molecular flexibility index (Phi) is 6.44. The quantitative estimate of drug-likeness (QED) is 0.403. The van der Waals surface area contributed by atoms with E-state index in [1.165, 1.54) is 11.8 Å². The van der Waals surface area contributed by atoms with Crippen molar-refractivity contribution >= 4 is 17.4 Å². The Labute approximate surface area is 204 Å². The molecular weight excluding hydrogens is 443 g/mol. The fourth-order valence-electron chi connectivity index (χ4n) is 4.79. The Hall–Kier alpha value is -3.81. The number of anilines is 1. The number of hydrogen-bond donors (Lipinski definition) is 1. The number of fused-ring (bicyclic) bond motifs is 5. The van der Waals surface area contributed by atoms with Crippen LogP contribution >= 0.6 is 0 Å². The van der Waals surface area contributed by atoms with E-state index < -0.39 is 0 Å². The number of pyridine rings is 1. The van der Waals surface area contributed by atoms with Crippen LogP contribution in [-0.4, -0.2) is 38.1 Å². The fourth-order valence-corrected chi connectivity index (χ4v) is 4.79. The molecule has 8 heteroatoms. The fraction of sp³-hybridized carbons (Fsp3) is 0.333. The number of rotatable bonds is 0. The molecule has 3 aromatic heterocycles. The van der Waals surface area contributed by atoms with Gasteiger partial charge in [-0.2, -0.15) is 5.10 Å². The van der Waals surface area contributed by atoms with E-state index in [9.17, 15) is 9.18 Å². The minimum absolute atomic E-state index is 0.0271. The van der Waals surface area contributed by atoms with Gasteiger partial charge >= 0.3 is 0 Å². The van der Waals surface area contributed by atoms with Gasteiger partial charge in [0, 0.05) is 24.5 Å². The zero-order chi connectivity index (χ0) is 24.4. The average molecular weight is 473 g/mol. The highest BCUT2D eigenvalue weighted by molar-refractivity contribution is 5.99. The maximum absolute atomic E-state index is 14.1. The lowest BCUT2D eigenvalue weighted by molar-refractivity contribution is 0.0940. The minimum atomic E-state index is -0.322. The lowest BCUT2D eigenvalue weighted by Gasteiger charge is -2.27. The van der Waals surface area contributed by atoms with Gasteiger partial charge in [-0.3, -0.25) is 9.78 Å². The topological polar surface area (TPSA) is 75.4 Å². The lowest BCUT2D eigenvalue weighted by atomic mass is 9.98. The summed E-state index contributed by atoms with van der Waals surface area (Å²) in [6.45, 7) is 4.88. The van der Waals surface area contributed by atoms with Crippen molar-refractivity contribution in [1.29, 1.82) is 0 Å². The molecule has 0 spiro atoms. The molecule has 6 rings (SSSR count). The van der Waals surface area contributed by atoms with Gasteiger partial charge in [-0.05, 0) is 57.2 Å². The zero-order valence-electron chi connectivity index (χ0n) is 20.0. The van der Waals surface area contributed by atoms with Gasteiger partial charge in [0.05, 0.1) is 18.4 Å². The summed E-state index contributed by atoms with van der Waals surface area (Å²) in [5.74, 6) is 0.265. The largest absolute Gasteiger partial charge is 0.349 e. The van der Waals surface area contributed by atoms with Crippen LogP contribution in [0.25, 0.3) is 5.65 Å². The van der Waals surface area contributed by atoms with Crippen molar-refractivity contribution in [3.05, 3.63) is 89.3 Å². The summed E-state index contributed by atoms with van der Waals surface area (Å²) in [7, 11) is 0. The minimum Gasteiger partial charge on any atom is -0.349 e. The monoisotopic (exact) mass is 472 g/mol. The molecule has 4 aromatic rings. The maximum atomic E-state index is 14.1. The lowest BCUT2D eigenvalue weighted by Crippen LogP contribution is -2.33. The van der Waals surface area contributed by atoms with Crippen molar-refractivity contribution < 1.29 is 9.18 Å². The van der Waals surface area contributed by atoms with E-state index in [1.54, 1.807) is 16.8 Å². The molecule has 35 heavy (non-hydrogen) atoms. The third kappa shape index (κ3) is 4.87. The molecule has 1 saturated heterocycles. The van der Waals surface area contributed by atoms with Gasteiger partial charge in [0.2, 0.25) is 0 Å². The van der Waals surface area contributed by atoms with Gasteiger partial charge in [-0.15, -0.1) is 0 Å². The number of amides is 1. The highest BCUT2D eigenvalue weighted by Crippen LogP contribution is 2.37. The SMILES string of the molecule is C[C@@H]1CCc2ncc(F)cc2[C@H]2CCCN2c2ccn3ncc(c3n2)C(=O)N1.Cc1ccccc1. The second kappa shape index (κ2) is 9.82. The van der Waals surface area contributed by atoms with Gasteiger partial charge in [0.15, 0.2) is 5.65 Å². The van der Waals surface area contributed by atoms with Gasteiger partial charge < -0.3 is 10.2 Å². The molecule has 1 amide bonds. The highest BCUT2D eigenvalue weighted by atomic mass is 19.1.